The maximum absolute atomic E-state index is 12.4. The van der Waals surface area contributed by atoms with Crippen LogP contribution in [0.25, 0.3) is 0 Å². The van der Waals surface area contributed by atoms with Gasteiger partial charge in [-0.15, -0.1) is 0 Å². The number of ketones is 1. The maximum atomic E-state index is 12.4. The third-order valence-electron chi connectivity index (χ3n) is 38.7. The number of aromatic hydroxyl groups is 3. The Morgan fingerprint density at radius 2 is 0.675 bits per heavy atom. The minimum absolute atomic E-state index is 0. The van der Waals surface area contributed by atoms with Crippen LogP contribution in [0.4, 0.5) is 0 Å². The predicted molar refractivity (Wildman–Crippen MR) is 492 cm³/mol. The van der Waals surface area contributed by atoms with Crippen LogP contribution in [-0.4, -0.2) is 152 Å². The van der Waals surface area contributed by atoms with Gasteiger partial charge in [-0.3, -0.25) is 4.79 Å². The minimum Gasteiger partial charge on any atom is -0.508 e. The van der Waals surface area contributed by atoms with E-state index in [0.717, 1.165) is 159 Å². The van der Waals surface area contributed by atoms with Gasteiger partial charge in [0.25, 0.3) is 0 Å². The van der Waals surface area contributed by atoms with E-state index in [2.05, 4.69) is 103 Å². The van der Waals surface area contributed by atoms with Gasteiger partial charge in [-0.25, -0.2) is 0 Å². The van der Waals surface area contributed by atoms with Gasteiger partial charge in [-0.2, -0.15) is 0 Å². The summed E-state index contributed by atoms with van der Waals surface area (Å²) < 4.78 is 41.7. The molecule has 10 saturated carbocycles. The number of benzene rings is 5. The molecule has 0 aromatic heterocycles. The Labute approximate surface area is 753 Å². The van der Waals surface area contributed by atoms with E-state index in [9.17, 15) is 40.5 Å². The molecule has 126 heavy (non-hydrogen) atoms. The summed E-state index contributed by atoms with van der Waals surface area (Å²) >= 11 is 0. The van der Waals surface area contributed by atoms with E-state index in [1.165, 1.54) is 134 Å². The summed E-state index contributed by atoms with van der Waals surface area (Å²) in [6.45, 7) is 20.6. The van der Waals surface area contributed by atoms with Crippen molar-refractivity contribution in [2.24, 2.45) is 86.3 Å². The van der Waals surface area contributed by atoms with E-state index in [-0.39, 0.29) is 71.1 Å². The molecular weight excluding hydrogens is 1580 g/mol. The second-order valence-electron chi connectivity index (χ2n) is 44.8. The Morgan fingerprint density at radius 3 is 1.04 bits per heavy atom. The number of rotatable bonds is 12. The number of aliphatic hydroxyl groups is 4. The molecule has 31 atom stereocenters. The van der Waals surface area contributed by atoms with Gasteiger partial charge in [-0.05, 0) is 409 Å². The molecule has 15 aliphatic carbocycles. The van der Waals surface area contributed by atoms with E-state index in [0.29, 0.717) is 149 Å². The molecule has 16 nitrogen and oxygen atoms in total. The molecule has 5 aromatic rings. The molecule has 17 unspecified atom stereocenters. The Balaban J connectivity index is 0.000000111. The molecule has 0 bridgehead atoms. The van der Waals surface area contributed by atoms with E-state index in [1.807, 2.05) is 37.4 Å². The highest BCUT2D eigenvalue weighted by atomic mass is 16.7. The van der Waals surface area contributed by atoms with Crippen molar-refractivity contribution < 1.29 is 79.2 Å². The normalized spacial score (nSPS) is 41.3. The zero-order chi connectivity index (χ0) is 87.2. The molecule has 16 heteroatoms. The van der Waals surface area contributed by atoms with Crippen LogP contribution in [-0.2, 0) is 38.0 Å². The van der Waals surface area contributed by atoms with Gasteiger partial charge in [0.1, 0.15) is 23.0 Å². The number of hydrogen-bond donors (Lipinski definition) is 7. The summed E-state index contributed by atoms with van der Waals surface area (Å²) in [6.07, 6.45) is 35.8. The topological polar surface area (TPSA) is 255 Å². The maximum Gasteiger partial charge on any atom is 0.157 e. The van der Waals surface area contributed by atoms with E-state index < -0.39 is 0 Å². The summed E-state index contributed by atoms with van der Waals surface area (Å²) in [5.41, 5.74) is 17.3. The minimum atomic E-state index is -0.160. The smallest absolute Gasteiger partial charge is 0.157 e. The fraction of sp³-hybridized carbons (Fsp3) is 0.718. The highest BCUT2D eigenvalue weighted by molar-refractivity contribution is 5.87. The van der Waals surface area contributed by atoms with Crippen LogP contribution in [0.2, 0.25) is 0 Å². The average Bonchev–Trinajstić information content (AvgIpc) is 1.50. The molecule has 5 aromatic carbocycles. The van der Waals surface area contributed by atoms with Crippen molar-refractivity contribution in [3.8, 4) is 17.2 Å². The van der Waals surface area contributed by atoms with Crippen LogP contribution in [0.3, 0.4) is 0 Å². The number of aliphatic hydroxyl groups excluding tert-OH is 4. The number of Topliss-reactive ketones (excluding diaryl/α,β-unsaturated/α-hetero) is 1. The largest absolute Gasteiger partial charge is 0.508 e. The number of aryl methyl sites for hydroxylation is 2. The van der Waals surface area contributed by atoms with Crippen LogP contribution in [0, 0.1) is 100 Å². The molecule has 9 N–H and O–H groups in total. The standard InChI is InChI=1S/C26H38O3.C25H36O3.C20H28O3.C20H26O3.C19H26O3.H2O/c1-17-7-8-19-20-11-12-26(2)23(22(20)15-18(16-27-3)21(19)14-17)9-10-24(26)29-25-6-4-5-13-28-25;1-16-6-7-18-19-10-11-25(2)22(21(19)14-17(15-26)20(18)13-16)8-9-23(25)28-24-5-3-4-12-27-24;2*1-20-8-7-15-14-4-3-13(21)10-16(14)12(11-23-2)9-17(15)18(20)5-6-19(20)22;1-19-7-6-14-13-3-2-12(21)9-15(13)11(10-20)8-16(14)17(19)4-5-18(19)22;/h7-8,14,18,20,22-25H,4-6,9-13,15-16H2,1-3H3;6-7,13,17,19,21-24,26H,3-5,8-12,14-15H2,1-2H3;3-4,10,12,15,17-19,21-22H,5-9,11H2,1-2H3;3-4,10,12,15,17-18,21H,5-9,11H2,1-2H3;2-3,9,11,14,16-18,20-22H,4-8,10H2,1H3;1H2/t18-,20?,22?,23?,24-,25?,26-;17-,19?,21?,22?,23-,24?,25-;12-,15?,17?,18?,19-,20-;12-,15?,17?,18?,20-;11-,14?,16?,17?,18-,19-;/m00000./s1. The zero-order valence-corrected chi connectivity index (χ0v) is 77.9. The average molecular weight is 1730 g/mol. The van der Waals surface area contributed by atoms with E-state index in [1.54, 1.807) is 31.4 Å². The van der Waals surface area contributed by atoms with Gasteiger partial charge in [0.2, 0.25) is 0 Å². The highest BCUT2D eigenvalue weighted by Gasteiger charge is 2.62. The van der Waals surface area contributed by atoms with Crippen LogP contribution < -0.4 is 0 Å². The van der Waals surface area contributed by atoms with E-state index >= 15 is 0 Å². The molecule has 2 heterocycles. The molecule has 0 amide bonds. The number of methoxy groups -OCH3 is 3. The highest BCUT2D eigenvalue weighted by Crippen LogP contribution is 2.69. The van der Waals surface area contributed by atoms with Gasteiger partial charge >= 0.3 is 0 Å². The van der Waals surface area contributed by atoms with Crippen molar-refractivity contribution in [1.29, 1.82) is 0 Å². The number of hydrogen-bond acceptors (Lipinski definition) is 15. The lowest BCUT2D eigenvalue weighted by Crippen LogP contribution is -2.46. The Morgan fingerprint density at radius 1 is 0.357 bits per heavy atom. The lowest BCUT2D eigenvalue weighted by atomic mass is 9.54. The first-order valence-corrected chi connectivity index (χ1v) is 50.1. The monoisotopic (exact) mass is 1730 g/mol. The Kier molecular flexibility index (Phi) is 27.9. The van der Waals surface area contributed by atoms with Crippen LogP contribution in [0.1, 0.15) is 360 Å². The van der Waals surface area contributed by atoms with Gasteiger partial charge in [0, 0.05) is 89.2 Å². The molecule has 0 radical (unpaired) electrons. The number of phenolic OH excluding ortho intramolecular Hbond substituents is 3. The van der Waals surface area contributed by atoms with Crippen LogP contribution in [0.15, 0.2) is 91.0 Å². The summed E-state index contributed by atoms with van der Waals surface area (Å²) in [5, 5.41) is 70.6. The number of carbonyl (C=O) groups excluding carboxylic acids is 1. The summed E-state index contributed by atoms with van der Waals surface area (Å²) in [7, 11) is 5.37. The first-order valence-electron chi connectivity index (χ1n) is 50.1. The summed E-state index contributed by atoms with van der Waals surface area (Å²) in [4.78, 5) is 12.4. The second-order valence-corrected chi connectivity index (χ2v) is 44.8. The van der Waals surface area contributed by atoms with Gasteiger partial charge in [0.05, 0.1) is 44.2 Å². The fourth-order valence-electron chi connectivity index (χ4n) is 32.3. The van der Waals surface area contributed by atoms with Gasteiger partial charge in [0.15, 0.2) is 12.6 Å². The van der Waals surface area contributed by atoms with Crippen LogP contribution in [0.5, 0.6) is 17.2 Å². The fourth-order valence-corrected chi connectivity index (χ4v) is 32.3. The first kappa shape index (κ1) is 92.5. The van der Waals surface area contributed by atoms with Crippen molar-refractivity contribution in [2.45, 2.75) is 344 Å². The lowest BCUT2D eigenvalue weighted by molar-refractivity contribution is -0.213. The third-order valence-corrected chi connectivity index (χ3v) is 38.7. The molecule has 0 spiro atoms. The first-order chi connectivity index (χ1) is 60.3. The Hall–Kier alpha value is -5.31. The molecule has 2 saturated heterocycles. The predicted octanol–water partition coefficient (Wildman–Crippen LogP) is 21.4. The number of ether oxygens (including phenoxy) is 7. The number of fused-ring (bicyclic) bond motifs is 25. The number of phenols is 3. The zero-order valence-electron chi connectivity index (χ0n) is 77.9. The quantitative estimate of drug-likeness (QED) is 0.0613. The van der Waals surface area contributed by atoms with Crippen molar-refractivity contribution in [3.63, 3.8) is 0 Å². The molecule has 2 aliphatic heterocycles. The van der Waals surface area contributed by atoms with Gasteiger partial charge < -0.3 is 74.4 Å². The Bertz CT molecular complexity index is 4570. The summed E-state index contributed by atoms with van der Waals surface area (Å²) in [5.74, 6) is 12.6. The molecule has 12 fully saturated rings. The molecule has 22 rings (SSSR count). The van der Waals surface area contributed by atoms with Crippen molar-refractivity contribution in [1.82, 2.24) is 0 Å². The third kappa shape index (κ3) is 16.9. The van der Waals surface area contributed by atoms with Crippen molar-refractivity contribution in [2.75, 3.05) is 67.6 Å². The number of carbonyl (C=O) groups is 1. The van der Waals surface area contributed by atoms with Crippen molar-refractivity contribution >= 4 is 5.78 Å². The molecular formula is C110H156O16. The molecule has 17 aliphatic rings. The van der Waals surface area contributed by atoms with Crippen molar-refractivity contribution in [3.05, 3.63) is 158 Å². The van der Waals surface area contributed by atoms with Crippen LogP contribution >= 0.6 is 0 Å². The second kappa shape index (κ2) is 38.0. The lowest BCUT2D eigenvalue weighted by Gasteiger charge is -2.52. The van der Waals surface area contributed by atoms with E-state index in [4.69, 9.17) is 33.2 Å². The van der Waals surface area contributed by atoms with Gasteiger partial charge in [-0.1, -0.05) is 100 Å². The SMILES string of the molecule is COC[C@@H]1CC2C(CC[C@@]3(C)C2CC[C@@H]3O)c2ccc(O)cc21.COC[C@@H]1CC2C(CC[C@@]3(C)C2CC[C@@H]3OC2CCCCO2)c2ccc(C)cc21.COC[C@@H]1CC2C(CC[C@]3(C)C(=O)CCC23)c2ccc(O)cc21.C[C@]12CCC3c4ccc(O)cc4[C@H](CO)CC3C1CC[C@@H]2O.Cc1ccc2c(c1)[C@H](CO)CC1C2CC[C@@]2(C)C1CC[C@@H]2OC1CCCCO1.O. The molecule has 692 valence electrons. The summed E-state index contributed by atoms with van der Waals surface area (Å²) in [6, 6.07) is 31.7.